The van der Waals surface area contributed by atoms with Crippen molar-refractivity contribution in [2.24, 2.45) is 5.92 Å². The summed E-state index contributed by atoms with van der Waals surface area (Å²) in [5.74, 6) is 1.49. The fourth-order valence-electron chi connectivity index (χ4n) is 3.15. The van der Waals surface area contributed by atoms with Crippen molar-refractivity contribution in [3.8, 4) is 0 Å². The predicted molar refractivity (Wildman–Crippen MR) is 83.3 cm³/mol. The molecule has 1 aromatic heterocycles. The third-order valence-electron chi connectivity index (χ3n) is 4.31. The van der Waals surface area contributed by atoms with Crippen LogP contribution < -0.4 is 0 Å². The number of nitrogens with zero attached hydrogens (tertiary/aromatic N) is 2. The Morgan fingerprint density at radius 3 is 2.81 bits per heavy atom. The Labute approximate surface area is 125 Å². The first-order chi connectivity index (χ1) is 10.2. The predicted octanol–water partition coefficient (Wildman–Crippen LogP) is 2.77. The number of rotatable bonds is 7. The van der Waals surface area contributed by atoms with E-state index in [0.717, 1.165) is 29.8 Å². The Morgan fingerprint density at radius 1 is 1.38 bits per heavy atom. The second kappa shape index (κ2) is 6.16. The van der Waals surface area contributed by atoms with Gasteiger partial charge in [-0.05, 0) is 37.3 Å². The molecule has 3 rings (SSSR count). The molecule has 0 saturated heterocycles. The van der Waals surface area contributed by atoms with E-state index >= 15 is 0 Å². The Bertz CT molecular complexity index is 604. The molecule has 1 N–H and O–H groups in total. The van der Waals surface area contributed by atoms with Gasteiger partial charge in [-0.3, -0.25) is 0 Å². The average molecular weight is 288 g/mol. The van der Waals surface area contributed by atoms with Crippen LogP contribution in [0, 0.1) is 5.92 Å². The molecule has 2 unspecified atom stereocenters. The lowest BCUT2D eigenvalue weighted by molar-refractivity contribution is -0.0248. The van der Waals surface area contributed by atoms with Gasteiger partial charge in [-0.2, -0.15) is 0 Å². The second-order valence-electron chi connectivity index (χ2n) is 5.98. The van der Waals surface area contributed by atoms with Crippen LogP contribution in [0.2, 0.25) is 0 Å². The molecule has 114 valence electrons. The molecule has 2 atom stereocenters. The number of fused-ring (bicyclic) bond motifs is 1. The van der Waals surface area contributed by atoms with Gasteiger partial charge in [0, 0.05) is 20.1 Å². The molecule has 1 fully saturated rings. The number of aromatic nitrogens is 2. The summed E-state index contributed by atoms with van der Waals surface area (Å²) in [6.45, 7) is 3.10. The van der Waals surface area contributed by atoms with Crippen LogP contribution in [0.4, 0.5) is 0 Å². The van der Waals surface area contributed by atoms with E-state index in [1.165, 1.54) is 12.8 Å². The smallest absolute Gasteiger partial charge is 0.112 e. The van der Waals surface area contributed by atoms with Crippen LogP contribution in [-0.4, -0.2) is 34.0 Å². The van der Waals surface area contributed by atoms with E-state index in [0.29, 0.717) is 12.3 Å². The number of hydrogen-bond donors (Lipinski definition) is 1. The highest BCUT2D eigenvalue weighted by Crippen LogP contribution is 2.36. The normalized spacial score (nSPS) is 18.0. The fraction of sp³-hybridized carbons (Fsp3) is 0.588. The Balaban J connectivity index is 1.86. The minimum absolute atomic E-state index is 0.0557. The van der Waals surface area contributed by atoms with Gasteiger partial charge in [0.2, 0.25) is 0 Å². The lowest BCUT2D eigenvalue weighted by Crippen LogP contribution is -2.32. The van der Waals surface area contributed by atoms with Gasteiger partial charge < -0.3 is 14.4 Å². The molecular formula is C17H24N2O2. The molecule has 4 nitrogen and oxygen atoms in total. The molecule has 1 aliphatic rings. The van der Waals surface area contributed by atoms with Crippen molar-refractivity contribution in [3.05, 3.63) is 30.1 Å². The summed E-state index contributed by atoms with van der Waals surface area (Å²) in [5, 5.41) is 10.5. The maximum atomic E-state index is 10.5. The second-order valence-corrected chi connectivity index (χ2v) is 5.98. The van der Waals surface area contributed by atoms with Gasteiger partial charge in [0.05, 0.1) is 23.2 Å². The van der Waals surface area contributed by atoms with Crippen molar-refractivity contribution in [2.75, 3.05) is 7.11 Å². The van der Waals surface area contributed by atoms with E-state index < -0.39 is 6.10 Å². The monoisotopic (exact) mass is 288 g/mol. The summed E-state index contributed by atoms with van der Waals surface area (Å²) in [7, 11) is 1.70. The summed E-state index contributed by atoms with van der Waals surface area (Å²) in [4.78, 5) is 4.72. The molecule has 0 bridgehead atoms. The largest absolute Gasteiger partial charge is 0.390 e. The number of benzene rings is 1. The number of methoxy groups -OCH3 is 1. The number of aliphatic hydroxyl groups excluding tert-OH is 1. The molecule has 4 heteroatoms. The molecule has 0 radical (unpaired) electrons. The van der Waals surface area contributed by atoms with Crippen molar-refractivity contribution in [2.45, 2.75) is 51.4 Å². The van der Waals surface area contributed by atoms with Gasteiger partial charge in [0.25, 0.3) is 0 Å². The molecule has 0 spiro atoms. The van der Waals surface area contributed by atoms with Crippen molar-refractivity contribution in [1.29, 1.82) is 0 Å². The first-order valence-electron chi connectivity index (χ1n) is 7.89. The lowest BCUT2D eigenvalue weighted by Gasteiger charge is -2.21. The lowest BCUT2D eigenvalue weighted by atomic mass is 10.1. The topological polar surface area (TPSA) is 47.3 Å². The molecule has 0 aliphatic heterocycles. The highest BCUT2D eigenvalue weighted by atomic mass is 16.5. The Hall–Kier alpha value is -1.39. The van der Waals surface area contributed by atoms with Gasteiger partial charge in [0.1, 0.15) is 5.82 Å². The zero-order valence-corrected chi connectivity index (χ0v) is 12.8. The fourth-order valence-corrected chi connectivity index (χ4v) is 3.15. The number of para-hydroxylation sites is 2. The van der Waals surface area contributed by atoms with Crippen LogP contribution in [0.1, 0.15) is 32.0 Å². The van der Waals surface area contributed by atoms with Gasteiger partial charge >= 0.3 is 0 Å². The summed E-state index contributed by atoms with van der Waals surface area (Å²) >= 11 is 0. The first kappa shape index (κ1) is 14.5. The van der Waals surface area contributed by atoms with Gasteiger partial charge in [-0.1, -0.05) is 19.1 Å². The SMILES string of the molecule is CCCn1c(CC(O)C(OC)C2CC2)nc2ccccc21. The molecule has 1 heterocycles. The van der Waals surface area contributed by atoms with Crippen LogP contribution in [0.3, 0.4) is 0 Å². The average Bonchev–Trinajstić information content (AvgIpc) is 3.25. The van der Waals surface area contributed by atoms with Crippen molar-refractivity contribution in [1.82, 2.24) is 9.55 Å². The summed E-state index contributed by atoms with van der Waals surface area (Å²) < 4.78 is 7.73. The van der Waals surface area contributed by atoms with E-state index in [4.69, 9.17) is 9.72 Å². The van der Waals surface area contributed by atoms with E-state index in [9.17, 15) is 5.11 Å². The van der Waals surface area contributed by atoms with E-state index in [1.54, 1.807) is 7.11 Å². The van der Waals surface area contributed by atoms with Crippen LogP contribution in [0.15, 0.2) is 24.3 Å². The summed E-state index contributed by atoms with van der Waals surface area (Å²) in [6, 6.07) is 8.18. The molecule has 1 saturated carbocycles. The first-order valence-corrected chi connectivity index (χ1v) is 7.89. The van der Waals surface area contributed by atoms with Crippen LogP contribution in [0.25, 0.3) is 11.0 Å². The maximum Gasteiger partial charge on any atom is 0.112 e. The van der Waals surface area contributed by atoms with Gasteiger partial charge in [0.15, 0.2) is 0 Å². The molecule has 2 aromatic rings. The van der Waals surface area contributed by atoms with E-state index in [2.05, 4.69) is 17.6 Å². The highest BCUT2D eigenvalue weighted by molar-refractivity contribution is 5.75. The van der Waals surface area contributed by atoms with Crippen LogP contribution in [-0.2, 0) is 17.7 Å². The quantitative estimate of drug-likeness (QED) is 0.852. The van der Waals surface area contributed by atoms with Crippen molar-refractivity contribution in [3.63, 3.8) is 0 Å². The molecule has 1 aliphatic carbocycles. The number of aliphatic hydroxyl groups is 1. The van der Waals surface area contributed by atoms with E-state index in [-0.39, 0.29) is 6.10 Å². The maximum absolute atomic E-state index is 10.5. The zero-order valence-electron chi connectivity index (χ0n) is 12.8. The van der Waals surface area contributed by atoms with Crippen molar-refractivity contribution >= 4 is 11.0 Å². The van der Waals surface area contributed by atoms with Gasteiger partial charge in [-0.15, -0.1) is 0 Å². The molecule has 21 heavy (non-hydrogen) atoms. The number of imidazole rings is 1. The molecular weight excluding hydrogens is 264 g/mol. The Kier molecular flexibility index (Phi) is 4.27. The minimum Gasteiger partial charge on any atom is -0.390 e. The zero-order chi connectivity index (χ0) is 14.8. The van der Waals surface area contributed by atoms with Crippen LogP contribution in [0.5, 0.6) is 0 Å². The highest BCUT2D eigenvalue weighted by Gasteiger charge is 2.36. The number of ether oxygens (including phenoxy) is 1. The third-order valence-corrected chi connectivity index (χ3v) is 4.31. The minimum atomic E-state index is -0.477. The molecule has 0 amide bonds. The van der Waals surface area contributed by atoms with Crippen molar-refractivity contribution < 1.29 is 9.84 Å². The van der Waals surface area contributed by atoms with Gasteiger partial charge in [-0.25, -0.2) is 4.98 Å². The summed E-state index contributed by atoms with van der Waals surface area (Å²) in [5.41, 5.74) is 2.16. The summed E-state index contributed by atoms with van der Waals surface area (Å²) in [6.07, 6.45) is 3.42. The third kappa shape index (κ3) is 2.97. The number of hydrogen-bond acceptors (Lipinski definition) is 3. The molecule has 1 aromatic carbocycles. The van der Waals surface area contributed by atoms with Crippen LogP contribution >= 0.6 is 0 Å². The number of aryl methyl sites for hydroxylation is 1. The standard InChI is InChI=1S/C17H24N2O2/c1-3-10-19-14-7-5-4-6-13(14)18-16(19)11-15(20)17(21-2)12-8-9-12/h4-7,12,15,17,20H,3,8-11H2,1-2H3. The van der Waals surface area contributed by atoms with E-state index in [1.807, 2.05) is 18.2 Å². The Morgan fingerprint density at radius 2 is 2.14 bits per heavy atom.